The van der Waals surface area contributed by atoms with Gasteiger partial charge in [0, 0.05) is 6.54 Å². The fourth-order valence-corrected chi connectivity index (χ4v) is 1.93. The predicted molar refractivity (Wildman–Crippen MR) is 71.6 cm³/mol. The van der Waals surface area contributed by atoms with Crippen LogP contribution in [-0.4, -0.2) is 5.11 Å². The first-order chi connectivity index (χ1) is 8.15. The Morgan fingerprint density at radius 1 is 1.18 bits per heavy atom. The first kappa shape index (κ1) is 11.8. The Balaban J connectivity index is 2.07. The van der Waals surface area contributed by atoms with Crippen molar-refractivity contribution in [1.82, 2.24) is 0 Å². The van der Waals surface area contributed by atoms with E-state index in [1.54, 1.807) is 12.1 Å². The standard InChI is InChI=1S/C14H14ClNO/c1-10-5-6-14(13(15)7-10)16-9-11-3-2-4-12(17)8-11/h2-8,16-17H,9H2,1H3. The normalized spacial score (nSPS) is 10.2. The number of aryl methyl sites for hydroxylation is 1. The van der Waals surface area contributed by atoms with E-state index in [2.05, 4.69) is 5.32 Å². The molecular weight excluding hydrogens is 234 g/mol. The van der Waals surface area contributed by atoms with E-state index in [-0.39, 0.29) is 5.75 Å². The average Bonchev–Trinajstić information content (AvgIpc) is 2.28. The van der Waals surface area contributed by atoms with Gasteiger partial charge in [-0.3, -0.25) is 0 Å². The maximum absolute atomic E-state index is 9.35. The summed E-state index contributed by atoms with van der Waals surface area (Å²) < 4.78 is 0. The van der Waals surface area contributed by atoms with Crippen LogP contribution < -0.4 is 5.32 Å². The number of hydrogen-bond donors (Lipinski definition) is 2. The molecule has 0 aliphatic heterocycles. The Kier molecular flexibility index (Phi) is 3.55. The topological polar surface area (TPSA) is 32.3 Å². The molecule has 3 heteroatoms. The van der Waals surface area contributed by atoms with E-state index in [1.807, 2.05) is 37.3 Å². The van der Waals surface area contributed by atoms with Crippen molar-refractivity contribution in [2.24, 2.45) is 0 Å². The summed E-state index contributed by atoms with van der Waals surface area (Å²) in [5.74, 6) is 0.277. The number of hydrogen-bond acceptors (Lipinski definition) is 2. The van der Waals surface area contributed by atoms with Gasteiger partial charge in [-0.1, -0.05) is 29.8 Å². The largest absolute Gasteiger partial charge is 0.508 e. The highest BCUT2D eigenvalue weighted by atomic mass is 35.5. The molecule has 0 radical (unpaired) electrons. The third-order valence-corrected chi connectivity index (χ3v) is 2.83. The Labute approximate surface area is 106 Å². The first-order valence-corrected chi connectivity index (χ1v) is 5.81. The van der Waals surface area contributed by atoms with Crippen LogP contribution >= 0.6 is 11.6 Å². The SMILES string of the molecule is Cc1ccc(NCc2cccc(O)c2)c(Cl)c1. The van der Waals surface area contributed by atoms with Crippen molar-refractivity contribution < 1.29 is 5.11 Å². The van der Waals surface area contributed by atoms with Crippen LogP contribution in [0.15, 0.2) is 42.5 Å². The minimum absolute atomic E-state index is 0.277. The molecule has 0 amide bonds. The van der Waals surface area contributed by atoms with Gasteiger partial charge in [-0.25, -0.2) is 0 Å². The second-order valence-electron chi connectivity index (χ2n) is 4.01. The maximum atomic E-state index is 9.35. The highest BCUT2D eigenvalue weighted by molar-refractivity contribution is 6.33. The van der Waals surface area contributed by atoms with Gasteiger partial charge < -0.3 is 10.4 Å². The second-order valence-corrected chi connectivity index (χ2v) is 4.41. The van der Waals surface area contributed by atoms with E-state index < -0.39 is 0 Å². The lowest BCUT2D eigenvalue weighted by molar-refractivity contribution is 0.474. The highest BCUT2D eigenvalue weighted by Gasteiger charge is 2.00. The molecule has 0 atom stereocenters. The molecule has 17 heavy (non-hydrogen) atoms. The van der Waals surface area contributed by atoms with Crippen LogP contribution in [0.4, 0.5) is 5.69 Å². The average molecular weight is 248 g/mol. The van der Waals surface area contributed by atoms with Gasteiger partial charge in [-0.15, -0.1) is 0 Å². The summed E-state index contributed by atoms with van der Waals surface area (Å²) in [5, 5.41) is 13.3. The molecule has 2 rings (SSSR count). The number of halogens is 1. The quantitative estimate of drug-likeness (QED) is 0.860. The molecule has 0 spiro atoms. The summed E-state index contributed by atoms with van der Waals surface area (Å²) >= 11 is 6.12. The van der Waals surface area contributed by atoms with Gasteiger partial charge in [0.1, 0.15) is 5.75 Å². The summed E-state index contributed by atoms with van der Waals surface area (Å²) in [6, 6.07) is 13.1. The van der Waals surface area contributed by atoms with Crippen LogP contribution in [0.2, 0.25) is 5.02 Å². The van der Waals surface area contributed by atoms with Crippen LogP contribution in [0.25, 0.3) is 0 Å². The summed E-state index contributed by atoms with van der Waals surface area (Å²) in [6.07, 6.45) is 0. The number of rotatable bonds is 3. The summed E-state index contributed by atoms with van der Waals surface area (Å²) in [4.78, 5) is 0. The van der Waals surface area contributed by atoms with Gasteiger partial charge >= 0.3 is 0 Å². The molecule has 0 saturated carbocycles. The van der Waals surface area contributed by atoms with E-state index in [9.17, 15) is 5.11 Å². The van der Waals surface area contributed by atoms with Crippen molar-refractivity contribution in [3.63, 3.8) is 0 Å². The van der Waals surface area contributed by atoms with Gasteiger partial charge in [0.15, 0.2) is 0 Å². The Hall–Kier alpha value is -1.67. The van der Waals surface area contributed by atoms with Gasteiger partial charge in [-0.2, -0.15) is 0 Å². The smallest absolute Gasteiger partial charge is 0.115 e. The fourth-order valence-electron chi connectivity index (χ4n) is 1.63. The van der Waals surface area contributed by atoms with Gasteiger partial charge in [0.05, 0.1) is 10.7 Å². The van der Waals surface area contributed by atoms with Crippen molar-refractivity contribution >= 4 is 17.3 Å². The van der Waals surface area contributed by atoms with Crippen LogP contribution in [0.3, 0.4) is 0 Å². The lowest BCUT2D eigenvalue weighted by Gasteiger charge is -2.09. The maximum Gasteiger partial charge on any atom is 0.115 e. The van der Waals surface area contributed by atoms with Crippen LogP contribution in [0, 0.1) is 6.92 Å². The fraction of sp³-hybridized carbons (Fsp3) is 0.143. The van der Waals surface area contributed by atoms with Crippen molar-refractivity contribution in [1.29, 1.82) is 0 Å². The third-order valence-electron chi connectivity index (χ3n) is 2.52. The lowest BCUT2D eigenvalue weighted by Crippen LogP contribution is -1.99. The molecule has 88 valence electrons. The lowest BCUT2D eigenvalue weighted by atomic mass is 10.2. The molecule has 0 aliphatic rings. The predicted octanol–water partition coefficient (Wildman–Crippen LogP) is 3.97. The number of anilines is 1. The third kappa shape index (κ3) is 3.14. The van der Waals surface area contributed by atoms with Crippen molar-refractivity contribution in [2.75, 3.05) is 5.32 Å². The van der Waals surface area contributed by atoms with E-state index >= 15 is 0 Å². The molecule has 0 aromatic heterocycles. The zero-order valence-electron chi connectivity index (χ0n) is 9.57. The molecule has 2 aromatic carbocycles. The molecule has 2 nitrogen and oxygen atoms in total. The van der Waals surface area contributed by atoms with Crippen molar-refractivity contribution in [3.8, 4) is 5.75 Å². The van der Waals surface area contributed by atoms with E-state index in [0.29, 0.717) is 11.6 Å². The highest BCUT2D eigenvalue weighted by Crippen LogP contribution is 2.23. The zero-order chi connectivity index (χ0) is 12.3. The number of benzene rings is 2. The molecule has 0 saturated heterocycles. The van der Waals surface area contributed by atoms with E-state index in [1.165, 1.54) is 0 Å². The molecule has 0 unspecified atom stereocenters. The van der Waals surface area contributed by atoms with Crippen LogP contribution in [0.5, 0.6) is 5.75 Å². The molecule has 2 N–H and O–H groups in total. The summed E-state index contributed by atoms with van der Waals surface area (Å²) in [6.45, 7) is 2.64. The minimum Gasteiger partial charge on any atom is -0.508 e. The molecule has 0 heterocycles. The molecule has 0 fully saturated rings. The van der Waals surface area contributed by atoms with Crippen LogP contribution in [0.1, 0.15) is 11.1 Å². The molecule has 2 aromatic rings. The van der Waals surface area contributed by atoms with Gasteiger partial charge in [-0.05, 0) is 42.3 Å². The van der Waals surface area contributed by atoms with Gasteiger partial charge in [0.25, 0.3) is 0 Å². The monoisotopic (exact) mass is 247 g/mol. The summed E-state index contributed by atoms with van der Waals surface area (Å²) in [7, 11) is 0. The van der Waals surface area contributed by atoms with E-state index in [0.717, 1.165) is 16.8 Å². The van der Waals surface area contributed by atoms with Gasteiger partial charge in [0.2, 0.25) is 0 Å². The minimum atomic E-state index is 0.277. The van der Waals surface area contributed by atoms with Crippen LogP contribution in [-0.2, 0) is 6.54 Å². The number of phenolic OH excluding ortho intramolecular Hbond substituents is 1. The molecule has 0 bridgehead atoms. The zero-order valence-corrected chi connectivity index (χ0v) is 10.3. The first-order valence-electron chi connectivity index (χ1n) is 5.43. The molecule has 0 aliphatic carbocycles. The van der Waals surface area contributed by atoms with E-state index in [4.69, 9.17) is 11.6 Å². The number of aromatic hydroxyl groups is 1. The Morgan fingerprint density at radius 3 is 2.71 bits per heavy atom. The number of nitrogens with one attached hydrogen (secondary N) is 1. The Bertz CT molecular complexity index is 525. The van der Waals surface area contributed by atoms with Crippen molar-refractivity contribution in [3.05, 3.63) is 58.6 Å². The molecular formula is C14H14ClNO. The summed E-state index contributed by atoms with van der Waals surface area (Å²) in [5.41, 5.74) is 3.06. The van der Waals surface area contributed by atoms with Crippen molar-refractivity contribution in [2.45, 2.75) is 13.5 Å². The second kappa shape index (κ2) is 5.11. The number of phenols is 1. The Morgan fingerprint density at radius 2 is 2.00 bits per heavy atom.